The van der Waals surface area contributed by atoms with Gasteiger partial charge in [-0.15, -0.1) is 0 Å². The van der Waals surface area contributed by atoms with E-state index in [1.165, 1.54) is 0 Å². The molecule has 3 nitrogen and oxygen atoms in total. The van der Waals surface area contributed by atoms with Gasteiger partial charge in [-0.05, 0) is 42.8 Å². The lowest BCUT2D eigenvalue weighted by molar-refractivity contribution is 0.481. The molecule has 3 N–H and O–H groups in total. The number of hydrogen-bond donors (Lipinski definition) is 2. The Kier molecular flexibility index (Phi) is 3.71. The van der Waals surface area contributed by atoms with E-state index in [0.29, 0.717) is 6.54 Å². The first-order valence-corrected chi connectivity index (χ1v) is 5.84. The minimum absolute atomic E-state index is 0.0233. The first-order valence-electron chi connectivity index (χ1n) is 5.47. The van der Waals surface area contributed by atoms with Crippen LogP contribution in [0.25, 0.3) is 0 Å². The topological polar surface area (TPSA) is 51.2 Å². The van der Waals surface area contributed by atoms with Gasteiger partial charge < -0.3 is 15.5 Å². The second-order valence-corrected chi connectivity index (χ2v) is 4.34. The van der Waals surface area contributed by atoms with E-state index in [-0.39, 0.29) is 6.04 Å². The third-order valence-electron chi connectivity index (χ3n) is 2.64. The van der Waals surface area contributed by atoms with Crippen molar-refractivity contribution in [3.63, 3.8) is 0 Å². The zero-order chi connectivity index (χ0) is 12.3. The Hall–Kier alpha value is -1.45. The normalized spacial score (nSPS) is 12.4. The molecule has 1 atom stereocenters. The van der Waals surface area contributed by atoms with Gasteiger partial charge in [0.15, 0.2) is 0 Å². The fraction of sp³-hybridized carbons (Fsp3) is 0.231. The molecule has 0 saturated heterocycles. The van der Waals surface area contributed by atoms with E-state index in [0.717, 1.165) is 22.0 Å². The molecular formula is C13H15ClN2O. The Labute approximate surface area is 106 Å². The maximum Gasteiger partial charge on any atom is 0.127 e. The molecule has 2 rings (SSSR count). The number of hydrogen-bond acceptors (Lipinski definition) is 3. The van der Waals surface area contributed by atoms with Gasteiger partial charge >= 0.3 is 0 Å². The van der Waals surface area contributed by atoms with Crippen molar-refractivity contribution < 1.29 is 4.42 Å². The molecule has 0 bridgehead atoms. The number of rotatable bonds is 4. The number of benzene rings is 1. The summed E-state index contributed by atoms with van der Waals surface area (Å²) in [6.07, 6.45) is 1.65. The largest absolute Gasteiger partial charge is 0.467 e. The van der Waals surface area contributed by atoms with Crippen LogP contribution in [0.1, 0.15) is 17.4 Å². The standard InChI is InChI=1S/C13H15ClN2O/c1-9-7-10(14)4-5-11(9)16-12(8-15)13-3-2-6-17-13/h2-7,12,16H,8,15H2,1H3. The number of halogens is 1. The molecule has 0 spiro atoms. The van der Waals surface area contributed by atoms with Gasteiger partial charge in [0.25, 0.3) is 0 Å². The zero-order valence-electron chi connectivity index (χ0n) is 9.61. The highest BCUT2D eigenvalue weighted by Gasteiger charge is 2.13. The monoisotopic (exact) mass is 250 g/mol. The lowest BCUT2D eigenvalue weighted by Crippen LogP contribution is -2.20. The molecule has 1 unspecified atom stereocenters. The summed E-state index contributed by atoms with van der Waals surface area (Å²) >= 11 is 5.92. The van der Waals surface area contributed by atoms with E-state index < -0.39 is 0 Å². The third-order valence-corrected chi connectivity index (χ3v) is 2.88. The highest BCUT2D eigenvalue weighted by Crippen LogP contribution is 2.24. The van der Waals surface area contributed by atoms with Crippen molar-refractivity contribution in [2.75, 3.05) is 11.9 Å². The van der Waals surface area contributed by atoms with Gasteiger partial charge in [0.05, 0.1) is 12.3 Å². The van der Waals surface area contributed by atoms with Gasteiger partial charge in [0.2, 0.25) is 0 Å². The predicted molar refractivity (Wildman–Crippen MR) is 70.3 cm³/mol. The summed E-state index contributed by atoms with van der Waals surface area (Å²) in [7, 11) is 0. The number of nitrogens with one attached hydrogen (secondary N) is 1. The van der Waals surface area contributed by atoms with Crippen molar-refractivity contribution in [1.29, 1.82) is 0 Å². The van der Waals surface area contributed by atoms with Crippen LogP contribution in [-0.2, 0) is 0 Å². The number of furan rings is 1. The fourth-order valence-electron chi connectivity index (χ4n) is 1.71. The van der Waals surface area contributed by atoms with Crippen LogP contribution in [-0.4, -0.2) is 6.54 Å². The third kappa shape index (κ3) is 2.81. The maximum atomic E-state index is 5.92. The first-order chi connectivity index (χ1) is 8.20. The molecule has 0 saturated carbocycles. The summed E-state index contributed by atoms with van der Waals surface area (Å²) in [5.74, 6) is 0.835. The van der Waals surface area contributed by atoms with E-state index in [2.05, 4.69) is 5.32 Å². The van der Waals surface area contributed by atoms with Crippen molar-refractivity contribution >= 4 is 17.3 Å². The van der Waals surface area contributed by atoms with Crippen molar-refractivity contribution in [2.45, 2.75) is 13.0 Å². The summed E-state index contributed by atoms with van der Waals surface area (Å²) in [6.45, 7) is 2.47. The highest BCUT2D eigenvalue weighted by molar-refractivity contribution is 6.30. The second kappa shape index (κ2) is 5.25. The molecule has 1 heterocycles. The minimum Gasteiger partial charge on any atom is -0.467 e. The SMILES string of the molecule is Cc1cc(Cl)ccc1NC(CN)c1ccco1. The van der Waals surface area contributed by atoms with Crippen molar-refractivity contribution in [3.05, 3.63) is 52.9 Å². The van der Waals surface area contributed by atoms with Gasteiger partial charge in [-0.1, -0.05) is 11.6 Å². The highest BCUT2D eigenvalue weighted by atomic mass is 35.5. The quantitative estimate of drug-likeness (QED) is 0.875. The van der Waals surface area contributed by atoms with Gasteiger partial charge in [-0.25, -0.2) is 0 Å². The van der Waals surface area contributed by atoms with Crippen LogP contribution >= 0.6 is 11.6 Å². The Morgan fingerprint density at radius 2 is 2.24 bits per heavy atom. The van der Waals surface area contributed by atoms with E-state index in [4.69, 9.17) is 21.8 Å². The van der Waals surface area contributed by atoms with Crippen molar-refractivity contribution in [1.82, 2.24) is 0 Å². The summed E-state index contributed by atoms with van der Waals surface area (Å²) in [5, 5.41) is 4.08. The number of aryl methyl sites for hydroxylation is 1. The van der Waals surface area contributed by atoms with E-state index in [1.54, 1.807) is 6.26 Å². The maximum absolute atomic E-state index is 5.92. The molecule has 4 heteroatoms. The van der Waals surface area contributed by atoms with Crippen LogP contribution in [0.2, 0.25) is 5.02 Å². The molecule has 0 aliphatic carbocycles. The van der Waals surface area contributed by atoms with E-state index >= 15 is 0 Å². The molecule has 0 amide bonds. The van der Waals surface area contributed by atoms with Crippen LogP contribution < -0.4 is 11.1 Å². The predicted octanol–water partition coefficient (Wildman–Crippen LogP) is 3.35. The smallest absolute Gasteiger partial charge is 0.127 e. The van der Waals surface area contributed by atoms with Crippen LogP contribution in [0.3, 0.4) is 0 Å². The molecule has 0 radical (unpaired) electrons. The second-order valence-electron chi connectivity index (χ2n) is 3.91. The molecule has 1 aromatic heterocycles. The van der Waals surface area contributed by atoms with Crippen LogP contribution in [0.5, 0.6) is 0 Å². The zero-order valence-corrected chi connectivity index (χ0v) is 10.4. The molecule has 1 aromatic carbocycles. The molecule has 0 fully saturated rings. The average Bonchev–Trinajstić information content (AvgIpc) is 2.81. The summed E-state index contributed by atoms with van der Waals surface area (Å²) in [6, 6.07) is 9.46. The number of nitrogens with two attached hydrogens (primary N) is 1. The van der Waals surface area contributed by atoms with Crippen molar-refractivity contribution in [2.24, 2.45) is 5.73 Å². The lowest BCUT2D eigenvalue weighted by atomic mass is 10.1. The van der Waals surface area contributed by atoms with Gasteiger partial charge in [0, 0.05) is 17.3 Å². The van der Waals surface area contributed by atoms with Gasteiger partial charge in [0.1, 0.15) is 5.76 Å². The van der Waals surface area contributed by atoms with Crippen LogP contribution in [0.4, 0.5) is 5.69 Å². The molecular weight excluding hydrogens is 236 g/mol. The van der Waals surface area contributed by atoms with Gasteiger partial charge in [-0.3, -0.25) is 0 Å². The summed E-state index contributed by atoms with van der Waals surface area (Å²) in [4.78, 5) is 0. The summed E-state index contributed by atoms with van der Waals surface area (Å²) in [5.41, 5.74) is 7.84. The molecule has 2 aromatic rings. The average molecular weight is 251 g/mol. The van der Waals surface area contributed by atoms with Gasteiger partial charge in [-0.2, -0.15) is 0 Å². The van der Waals surface area contributed by atoms with Crippen LogP contribution in [0.15, 0.2) is 41.0 Å². The molecule has 17 heavy (non-hydrogen) atoms. The fourth-order valence-corrected chi connectivity index (χ4v) is 1.94. The molecule has 0 aliphatic heterocycles. The summed E-state index contributed by atoms with van der Waals surface area (Å²) < 4.78 is 5.35. The van der Waals surface area contributed by atoms with E-state index in [1.807, 2.05) is 37.3 Å². The molecule has 90 valence electrons. The van der Waals surface area contributed by atoms with Crippen molar-refractivity contribution in [3.8, 4) is 0 Å². The Morgan fingerprint density at radius 1 is 1.41 bits per heavy atom. The van der Waals surface area contributed by atoms with E-state index in [9.17, 15) is 0 Å². The first kappa shape index (κ1) is 12.0. The molecule has 0 aliphatic rings. The van der Waals surface area contributed by atoms with Crippen LogP contribution in [0, 0.1) is 6.92 Å². The Balaban J connectivity index is 2.19. The number of anilines is 1. The lowest BCUT2D eigenvalue weighted by Gasteiger charge is -2.17. The Morgan fingerprint density at radius 3 is 2.82 bits per heavy atom. The minimum atomic E-state index is -0.0233. The Bertz CT molecular complexity index is 482.